The van der Waals surface area contributed by atoms with Crippen molar-refractivity contribution in [3.8, 4) is 0 Å². The zero-order chi connectivity index (χ0) is 24.0. The van der Waals surface area contributed by atoms with Crippen LogP contribution in [-0.4, -0.2) is 76.7 Å². The standard InChI is InChI=1S/C23H37FN6O3/c1-4-20-26-19(21(24)22(27-20)29-10-9-28(3)16(2)13-29)12-25-23(32)18(14-30(33)15-31)11-17-7-5-6-8-17/h15-18,33H,4-14H2,1-3H3,(H,25,32)/t16-,18+/m0/s1. The first-order chi connectivity index (χ1) is 15.8. The molecular weight excluding hydrogens is 427 g/mol. The molecule has 2 amide bonds. The molecule has 0 bridgehead atoms. The minimum atomic E-state index is -0.559. The van der Waals surface area contributed by atoms with Crippen molar-refractivity contribution in [1.82, 2.24) is 25.2 Å². The summed E-state index contributed by atoms with van der Waals surface area (Å²) in [6.07, 6.45) is 5.81. The topological polar surface area (TPSA) is 102 Å². The third-order valence-corrected chi connectivity index (χ3v) is 6.95. The lowest BCUT2D eigenvalue weighted by Gasteiger charge is -2.38. The molecule has 1 aromatic rings. The molecule has 2 N–H and O–H groups in total. The molecule has 3 rings (SSSR count). The van der Waals surface area contributed by atoms with Gasteiger partial charge in [0.25, 0.3) is 0 Å². The molecule has 1 saturated carbocycles. The van der Waals surface area contributed by atoms with Crippen molar-refractivity contribution in [2.45, 2.75) is 65.0 Å². The quantitative estimate of drug-likeness (QED) is 0.310. The number of rotatable bonds is 10. The molecule has 0 spiro atoms. The monoisotopic (exact) mass is 464 g/mol. The van der Waals surface area contributed by atoms with Gasteiger partial charge >= 0.3 is 0 Å². The summed E-state index contributed by atoms with van der Waals surface area (Å²) in [5, 5.41) is 13.0. The number of aromatic nitrogens is 2. The number of carbonyl (C=O) groups is 2. The smallest absolute Gasteiger partial charge is 0.233 e. The number of anilines is 1. The Kier molecular flexibility index (Phi) is 8.96. The van der Waals surface area contributed by atoms with E-state index in [-0.39, 0.29) is 36.6 Å². The maximum Gasteiger partial charge on any atom is 0.233 e. The molecule has 33 heavy (non-hydrogen) atoms. The summed E-state index contributed by atoms with van der Waals surface area (Å²) >= 11 is 0. The Balaban J connectivity index is 1.72. The average Bonchev–Trinajstić information content (AvgIpc) is 3.32. The summed E-state index contributed by atoms with van der Waals surface area (Å²) in [7, 11) is 2.05. The molecule has 0 unspecified atom stereocenters. The highest BCUT2D eigenvalue weighted by atomic mass is 19.1. The van der Waals surface area contributed by atoms with Crippen LogP contribution in [0, 0.1) is 17.7 Å². The Morgan fingerprint density at radius 3 is 2.70 bits per heavy atom. The van der Waals surface area contributed by atoms with E-state index in [0.29, 0.717) is 49.1 Å². The first-order valence-corrected chi connectivity index (χ1v) is 12.0. The molecule has 184 valence electrons. The largest absolute Gasteiger partial charge is 0.351 e. The van der Waals surface area contributed by atoms with E-state index >= 15 is 4.39 Å². The SMILES string of the molecule is CCc1nc(CNC(=O)[C@H](CC2CCCC2)CN(O)C=O)c(F)c(N2CCN(C)[C@@H](C)C2)n1. The van der Waals surface area contributed by atoms with Crippen LogP contribution in [0.3, 0.4) is 0 Å². The summed E-state index contributed by atoms with van der Waals surface area (Å²) in [4.78, 5) is 36.8. The lowest BCUT2D eigenvalue weighted by molar-refractivity contribution is -0.155. The van der Waals surface area contributed by atoms with Gasteiger partial charge < -0.3 is 15.1 Å². The van der Waals surface area contributed by atoms with E-state index in [2.05, 4.69) is 34.2 Å². The van der Waals surface area contributed by atoms with Crippen LogP contribution in [0.15, 0.2) is 0 Å². The Morgan fingerprint density at radius 1 is 1.33 bits per heavy atom. The first-order valence-electron chi connectivity index (χ1n) is 12.0. The fourth-order valence-electron chi connectivity index (χ4n) is 4.75. The van der Waals surface area contributed by atoms with Crippen LogP contribution < -0.4 is 10.2 Å². The Bertz CT molecular complexity index is 820. The van der Waals surface area contributed by atoms with Gasteiger partial charge in [-0.3, -0.25) is 14.8 Å². The average molecular weight is 465 g/mol. The number of halogens is 1. The van der Waals surface area contributed by atoms with Crippen molar-refractivity contribution < 1.29 is 19.2 Å². The van der Waals surface area contributed by atoms with E-state index in [0.717, 1.165) is 32.2 Å². The molecule has 0 radical (unpaired) electrons. The van der Waals surface area contributed by atoms with Crippen molar-refractivity contribution in [1.29, 1.82) is 0 Å². The molecule has 1 saturated heterocycles. The van der Waals surface area contributed by atoms with E-state index in [1.54, 1.807) is 0 Å². The molecule has 2 atom stereocenters. The molecule has 1 aliphatic carbocycles. The molecule has 1 aromatic heterocycles. The van der Waals surface area contributed by atoms with Gasteiger partial charge in [-0.25, -0.2) is 19.4 Å². The highest BCUT2D eigenvalue weighted by molar-refractivity contribution is 5.79. The van der Waals surface area contributed by atoms with E-state index in [4.69, 9.17) is 0 Å². The predicted molar refractivity (Wildman–Crippen MR) is 122 cm³/mol. The van der Waals surface area contributed by atoms with E-state index in [1.165, 1.54) is 0 Å². The van der Waals surface area contributed by atoms with Crippen molar-refractivity contribution in [3.05, 3.63) is 17.3 Å². The Labute approximate surface area is 195 Å². The summed E-state index contributed by atoms with van der Waals surface area (Å²) in [5.41, 5.74) is 0.160. The van der Waals surface area contributed by atoms with Gasteiger partial charge in [-0.2, -0.15) is 0 Å². The summed E-state index contributed by atoms with van der Waals surface area (Å²) in [6, 6.07) is 0.275. The van der Waals surface area contributed by atoms with Gasteiger partial charge in [-0.1, -0.05) is 32.6 Å². The number of hydrogen-bond acceptors (Lipinski definition) is 7. The highest BCUT2D eigenvalue weighted by Crippen LogP contribution is 2.31. The molecule has 10 heteroatoms. The van der Waals surface area contributed by atoms with Crippen molar-refractivity contribution in [2.75, 3.05) is 38.1 Å². The van der Waals surface area contributed by atoms with E-state index < -0.39 is 11.7 Å². The number of nitrogens with one attached hydrogen (secondary N) is 1. The fourth-order valence-corrected chi connectivity index (χ4v) is 4.75. The van der Waals surface area contributed by atoms with Gasteiger partial charge in [0.05, 0.1) is 19.0 Å². The van der Waals surface area contributed by atoms with Crippen LogP contribution in [0.5, 0.6) is 0 Å². The number of hydrogen-bond donors (Lipinski definition) is 2. The number of nitrogens with zero attached hydrogens (tertiary/aromatic N) is 5. The van der Waals surface area contributed by atoms with Crippen LogP contribution in [0.1, 0.15) is 57.5 Å². The van der Waals surface area contributed by atoms with Crippen LogP contribution >= 0.6 is 0 Å². The summed E-state index contributed by atoms with van der Waals surface area (Å²) in [6.45, 7) is 6.02. The molecule has 0 aromatic carbocycles. The number of hydroxylamine groups is 2. The molecule has 1 aliphatic heterocycles. The van der Waals surface area contributed by atoms with Gasteiger partial charge in [0.2, 0.25) is 12.3 Å². The van der Waals surface area contributed by atoms with Gasteiger partial charge in [0.15, 0.2) is 11.6 Å². The normalized spacial score (nSPS) is 20.6. The number of carbonyl (C=O) groups excluding carboxylic acids is 2. The molecule has 9 nitrogen and oxygen atoms in total. The minimum Gasteiger partial charge on any atom is -0.351 e. The maximum absolute atomic E-state index is 15.4. The van der Waals surface area contributed by atoms with E-state index in [9.17, 15) is 14.8 Å². The maximum atomic E-state index is 15.4. The molecule has 2 aliphatic rings. The van der Waals surface area contributed by atoms with Crippen LogP contribution in [0.25, 0.3) is 0 Å². The molecular formula is C23H37FN6O3. The fraction of sp³-hybridized carbons (Fsp3) is 0.739. The Hall–Kier alpha value is -2.33. The third kappa shape index (κ3) is 6.60. The van der Waals surface area contributed by atoms with Crippen LogP contribution in [-0.2, 0) is 22.6 Å². The molecule has 2 heterocycles. The van der Waals surface area contributed by atoms with Crippen LogP contribution in [0.4, 0.5) is 10.2 Å². The van der Waals surface area contributed by atoms with E-state index in [1.807, 2.05) is 11.8 Å². The number of likely N-dealkylation sites (N-methyl/N-ethyl adjacent to an activating group) is 1. The zero-order valence-electron chi connectivity index (χ0n) is 20.0. The predicted octanol–water partition coefficient (Wildman–Crippen LogP) is 1.98. The van der Waals surface area contributed by atoms with Crippen molar-refractivity contribution in [3.63, 3.8) is 0 Å². The van der Waals surface area contributed by atoms with Crippen LogP contribution in [0.2, 0.25) is 0 Å². The first kappa shape index (κ1) is 25.3. The Morgan fingerprint density at radius 2 is 2.06 bits per heavy atom. The van der Waals surface area contributed by atoms with Gasteiger partial charge in [0.1, 0.15) is 11.5 Å². The minimum absolute atomic E-state index is 0.0653. The second-order valence-corrected chi connectivity index (χ2v) is 9.38. The van der Waals surface area contributed by atoms with Crippen molar-refractivity contribution in [2.24, 2.45) is 11.8 Å². The lowest BCUT2D eigenvalue weighted by Crippen LogP contribution is -2.50. The number of aryl methyl sites for hydroxylation is 1. The molecule has 2 fully saturated rings. The second kappa shape index (κ2) is 11.7. The second-order valence-electron chi connectivity index (χ2n) is 9.38. The highest BCUT2D eigenvalue weighted by Gasteiger charge is 2.29. The number of piperazine rings is 1. The van der Waals surface area contributed by atoms with Gasteiger partial charge in [0, 0.05) is 32.1 Å². The van der Waals surface area contributed by atoms with Gasteiger partial charge in [-0.15, -0.1) is 0 Å². The number of amides is 2. The summed E-state index contributed by atoms with van der Waals surface area (Å²) < 4.78 is 15.4. The lowest BCUT2D eigenvalue weighted by atomic mass is 9.92. The van der Waals surface area contributed by atoms with Crippen molar-refractivity contribution >= 4 is 18.1 Å². The summed E-state index contributed by atoms with van der Waals surface area (Å²) in [5.74, 6) is -0.156. The van der Waals surface area contributed by atoms with Gasteiger partial charge in [-0.05, 0) is 26.3 Å². The third-order valence-electron chi connectivity index (χ3n) is 6.95. The zero-order valence-corrected chi connectivity index (χ0v) is 20.0.